The number of hydrogen-bond donors (Lipinski definition) is 2. The van der Waals surface area contributed by atoms with Gasteiger partial charge in [-0.15, -0.1) is 0 Å². The van der Waals surface area contributed by atoms with Crippen molar-refractivity contribution in [3.8, 4) is 0 Å². The second-order valence-electron chi connectivity index (χ2n) is 2.26. The fourth-order valence-electron chi connectivity index (χ4n) is 0.745. The Labute approximate surface area is 86.6 Å². The standard InChI is InChI=1S/C8H8ClN3S/c9-7-4-2-1-3-6(7)5-11-12-8(10)13/h1-5H,(H3,10,12,13)/b11-5+. The fraction of sp³-hybridized carbons (Fsp3) is 0. The summed E-state index contributed by atoms with van der Waals surface area (Å²) < 4.78 is 0. The summed E-state index contributed by atoms with van der Waals surface area (Å²) in [6.07, 6.45) is 1.56. The molecule has 0 aromatic heterocycles. The molecule has 0 saturated carbocycles. The first-order valence-electron chi connectivity index (χ1n) is 3.53. The van der Waals surface area contributed by atoms with E-state index in [1.807, 2.05) is 18.2 Å². The molecule has 0 aliphatic rings. The van der Waals surface area contributed by atoms with Gasteiger partial charge in [0.25, 0.3) is 0 Å². The van der Waals surface area contributed by atoms with Gasteiger partial charge in [0.2, 0.25) is 0 Å². The van der Waals surface area contributed by atoms with E-state index < -0.39 is 0 Å². The zero-order valence-electron chi connectivity index (χ0n) is 6.70. The monoisotopic (exact) mass is 213 g/mol. The van der Waals surface area contributed by atoms with Crippen LogP contribution >= 0.6 is 23.8 Å². The Morgan fingerprint density at radius 3 is 2.85 bits per heavy atom. The van der Waals surface area contributed by atoms with Gasteiger partial charge in [-0.05, 0) is 18.3 Å². The summed E-state index contributed by atoms with van der Waals surface area (Å²) in [6, 6.07) is 7.34. The van der Waals surface area contributed by atoms with Crippen LogP contribution in [0.2, 0.25) is 5.02 Å². The molecule has 0 heterocycles. The number of benzene rings is 1. The number of rotatable bonds is 2. The van der Waals surface area contributed by atoms with Gasteiger partial charge in [-0.2, -0.15) is 5.10 Å². The van der Waals surface area contributed by atoms with Gasteiger partial charge in [0, 0.05) is 10.6 Å². The minimum absolute atomic E-state index is 0.128. The summed E-state index contributed by atoms with van der Waals surface area (Å²) in [7, 11) is 0. The van der Waals surface area contributed by atoms with Gasteiger partial charge < -0.3 is 5.73 Å². The van der Waals surface area contributed by atoms with Crippen LogP contribution in [0, 0.1) is 0 Å². The first kappa shape index (κ1) is 9.95. The molecule has 0 aliphatic heterocycles. The molecular weight excluding hydrogens is 206 g/mol. The molecule has 0 aliphatic carbocycles. The van der Waals surface area contributed by atoms with Gasteiger partial charge in [-0.1, -0.05) is 29.8 Å². The Kier molecular flexibility index (Phi) is 3.67. The first-order valence-corrected chi connectivity index (χ1v) is 4.32. The molecule has 0 amide bonds. The van der Waals surface area contributed by atoms with E-state index in [0.717, 1.165) is 5.56 Å². The van der Waals surface area contributed by atoms with Crippen LogP contribution in [0.3, 0.4) is 0 Å². The molecule has 13 heavy (non-hydrogen) atoms. The van der Waals surface area contributed by atoms with E-state index in [9.17, 15) is 0 Å². The predicted molar refractivity (Wildman–Crippen MR) is 59.0 cm³/mol. The number of nitrogens with one attached hydrogen (secondary N) is 1. The highest BCUT2D eigenvalue weighted by Crippen LogP contribution is 2.11. The van der Waals surface area contributed by atoms with Crippen molar-refractivity contribution in [3.05, 3.63) is 34.9 Å². The number of nitrogens with zero attached hydrogens (tertiary/aromatic N) is 1. The van der Waals surface area contributed by atoms with Crippen molar-refractivity contribution in [1.29, 1.82) is 0 Å². The molecule has 1 rings (SSSR count). The first-order chi connectivity index (χ1) is 6.20. The van der Waals surface area contributed by atoms with E-state index in [1.54, 1.807) is 12.3 Å². The van der Waals surface area contributed by atoms with Gasteiger partial charge in [0.05, 0.1) is 6.21 Å². The summed E-state index contributed by atoms with van der Waals surface area (Å²) in [5.41, 5.74) is 8.42. The summed E-state index contributed by atoms with van der Waals surface area (Å²) >= 11 is 10.4. The van der Waals surface area contributed by atoms with E-state index >= 15 is 0 Å². The van der Waals surface area contributed by atoms with Crippen molar-refractivity contribution < 1.29 is 0 Å². The summed E-state index contributed by atoms with van der Waals surface area (Å²) in [5, 5.41) is 4.54. The number of hydrazone groups is 1. The van der Waals surface area contributed by atoms with Crippen molar-refractivity contribution in [3.63, 3.8) is 0 Å². The number of nitrogens with two attached hydrogens (primary N) is 1. The van der Waals surface area contributed by atoms with Gasteiger partial charge >= 0.3 is 0 Å². The van der Waals surface area contributed by atoms with Crippen LogP contribution < -0.4 is 11.2 Å². The molecule has 5 heteroatoms. The molecule has 0 fully saturated rings. The molecule has 0 unspecified atom stereocenters. The molecular formula is C8H8ClN3S. The second-order valence-corrected chi connectivity index (χ2v) is 3.10. The van der Waals surface area contributed by atoms with Crippen LogP contribution in [0.4, 0.5) is 0 Å². The van der Waals surface area contributed by atoms with Crippen molar-refractivity contribution in [2.45, 2.75) is 0 Å². The van der Waals surface area contributed by atoms with Gasteiger partial charge in [0.1, 0.15) is 0 Å². The summed E-state index contributed by atoms with van der Waals surface area (Å²) in [6.45, 7) is 0. The number of thiocarbonyl (C=S) groups is 1. The molecule has 3 nitrogen and oxygen atoms in total. The Bertz CT molecular complexity index is 338. The van der Waals surface area contributed by atoms with Gasteiger partial charge in [0.15, 0.2) is 5.11 Å². The predicted octanol–water partition coefficient (Wildman–Crippen LogP) is 1.51. The Balaban J connectivity index is 2.68. The normalized spacial score (nSPS) is 10.2. The third kappa shape index (κ3) is 3.40. The largest absolute Gasteiger partial charge is 0.375 e. The van der Waals surface area contributed by atoms with E-state index in [0.29, 0.717) is 5.02 Å². The third-order valence-electron chi connectivity index (χ3n) is 1.28. The third-order valence-corrected chi connectivity index (χ3v) is 1.72. The number of halogens is 1. The van der Waals surface area contributed by atoms with E-state index in [4.69, 9.17) is 17.3 Å². The quantitative estimate of drug-likeness (QED) is 0.445. The molecule has 1 aromatic carbocycles. The molecule has 1 aromatic rings. The van der Waals surface area contributed by atoms with Crippen LogP contribution in [-0.4, -0.2) is 11.3 Å². The van der Waals surface area contributed by atoms with Crippen LogP contribution in [-0.2, 0) is 0 Å². The maximum atomic E-state index is 5.86. The Morgan fingerprint density at radius 1 is 1.54 bits per heavy atom. The minimum atomic E-state index is 0.128. The molecule has 0 atom stereocenters. The SMILES string of the molecule is NC(=S)N/N=C/c1ccccc1Cl. The lowest BCUT2D eigenvalue weighted by atomic mass is 10.2. The lowest BCUT2D eigenvalue weighted by Crippen LogP contribution is -2.23. The average molecular weight is 214 g/mol. The minimum Gasteiger partial charge on any atom is -0.375 e. The molecule has 3 N–H and O–H groups in total. The maximum Gasteiger partial charge on any atom is 0.184 e. The molecule has 0 bridgehead atoms. The lowest BCUT2D eigenvalue weighted by molar-refractivity contribution is 1.04. The average Bonchev–Trinajstić information content (AvgIpc) is 2.08. The molecule has 68 valence electrons. The van der Waals surface area contributed by atoms with E-state index in [2.05, 4.69) is 22.7 Å². The van der Waals surface area contributed by atoms with Crippen molar-refractivity contribution in [1.82, 2.24) is 5.43 Å². The van der Waals surface area contributed by atoms with Crippen molar-refractivity contribution in [2.24, 2.45) is 10.8 Å². The van der Waals surface area contributed by atoms with Crippen LogP contribution in [0.25, 0.3) is 0 Å². The van der Waals surface area contributed by atoms with Crippen LogP contribution in [0.5, 0.6) is 0 Å². The Morgan fingerprint density at radius 2 is 2.23 bits per heavy atom. The zero-order chi connectivity index (χ0) is 9.68. The smallest absolute Gasteiger partial charge is 0.184 e. The second kappa shape index (κ2) is 4.79. The summed E-state index contributed by atoms with van der Waals surface area (Å²) in [5.74, 6) is 0. The van der Waals surface area contributed by atoms with Crippen molar-refractivity contribution >= 4 is 35.1 Å². The highest BCUT2D eigenvalue weighted by molar-refractivity contribution is 7.80. The van der Waals surface area contributed by atoms with Gasteiger partial charge in [-0.25, -0.2) is 0 Å². The maximum absolute atomic E-state index is 5.86. The van der Waals surface area contributed by atoms with E-state index in [-0.39, 0.29) is 5.11 Å². The van der Waals surface area contributed by atoms with Crippen molar-refractivity contribution in [2.75, 3.05) is 0 Å². The highest BCUT2D eigenvalue weighted by Gasteiger charge is 1.93. The zero-order valence-corrected chi connectivity index (χ0v) is 8.27. The summed E-state index contributed by atoms with van der Waals surface area (Å²) in [4.78, 5) is 0. The van der Waals surface area contributed by atoms with E-state index in [1.165, 1.54) is 0 Å². The molecule has 0 spiro atoms. The topological polar surface area (TPSA) is 50.4 Å². The van der Waals surface area contributed by atoms with Crippen LogP contribution in [0.1, 0.15) is 5.56 Å². The number of hydrogen-bond acceptors (Lipinski definition) is 2. The molecule has 0 saturated heterocycles. The van der Waals surface area contributed by atoms with Crippen LogP contribution in [0.15, 0.2) is 29.4 Å². The fourth-order valence-corrected chi connectivity index (χ4v) is 0.982. The highest BCUT2D eigenvalue weighted by atomic mass is 35.5. The van der Waals surface area contributed by atoms with Gasteiger partial charge in [-0.3, -0.25) is 5.43 Å². The lowest BCUT2D eigenvalue weighted by Gasteiger charge is -1.96. The Hall–Kier alpha value is -1.13. The molecule has 0 radical (unpaired) electrons.